The van der Waals surface area contributed by atoms with Gasteiger partial charge in [0.25, 0.3) is 0 Å². The zero-order valence-electron chi connectivity index (χ0n) is 5.26. The predicted octanol–water partition coefficient (Wildman–Crippen LogP) is 1.33. The predicted molar refractivity (Wildman–Crippen MR) is 45.0 cm³/mol. The Labute approximate surface area is 59.8 Å². The Morgan fingerprint density at radius 2 is 1.88 bits per heavy atom. The minimum absolute atomic E-state index is 0.721. The molecule has 8 heavy (non-hydrogen) atoms. The maximum atomic E-state index is 4.41. The van der Waals surface area contributed by atoms with Crippen LogP contribution in [0, 0.1) is 0 Å². The second kappa shape index (κ2) is 3.02. The first kappa shape index (κ1) is 6.81. The molecule has 0 nitrogen and oxygen atoms in total. The lowest BCUT2D eigenvalue weighted by Gasteiger charge is -2.14. The summed E-state index contributed by atoms with van der Waals surface area (Å²) < 4.78 is 0. The molecule has 0 unspecified atom stereocenters. The van der Waals surface area contributed by atoms with Crippen molar-refractivity contribution in [2.75, 3.05) is 17.8 Å². The van der Waals surface area contributed by atoms with Gasteiger partial charge in [-0.1, -0.05) is 0 Å². The zero-order valence-corrected chi connectivity index (χ0v) is 6.97. The molecule has 0 bridgehead atoms. The third-order valence-electron chi connectivity index (χ3n) is 1.60. The summed E-state index contributed by atoms with van der Waals surface area (Å²) in [5, 5.41) is 0.721. The van der Waals surface area contributed by atoms with Gasteiger partial charge in [-0.2, -0.15) is 12.6 Å². The van der Waals surface area contributed by atoms with Crippen LogP contribution in [0.4, 0.5) is 0 Å². The molecule has 2 heteroatoms. The Bertz CT molecular complexity index is 54.9. The van der Waals surface area contributed by atoms with E-state index in [1.165, 1.54) is 24.3 Å². The van der Waals surface area contributed by atoms with Gasteiger partial charge in [0.05, 0.1) is 6.26 Å². The van der Waals surface area contributed by atoms with Gasteiger partial charge in [-0.25, -0.2) is 0 Å². The van der Waals surface area contributed by atoms with E-state index in [1.807, 2.05) is 0 Å². The largest absolute Gasteiger partial charge is 0.176 e. The van der Waals surface area contributed by atoms with Gasteiger partial charge in [0.2, 0.25) is 0 Å². The summed E-state index contributed by atoms with van der Waals surface area (Å²) >= 11 is 4.41. The van der Waals surface area contributed by atoms with Crippen LogP contribution >= 0.6 is 12.6 Å². The summed E-state index contributed by atoms with van der Waals surface area (Å²) in [6.07, 6.45) is 5.06. The Balaban J connectivity index is 2.19. The maximum absolute atomic E-state index is 4.41. The minimum atomic E-state index is 0.721. The summed E-state index contributed by atoms with van der Waals surface area (Å²) in [7, 11) is 0.740. The Morgan fingerprint density at radius 1 is 1.38 bits per heavy atom. The van der Waals surface area contributed by atoms with Crippen LogP contribution in [0.25, 0.3) is 0 Å². The smallest absolute Gasteiger partial charge is 0.108 e. The van der Waals surface area contributed by atoms with Crippen molar-refractivity contribution in [3.8, 4) is 0 Å². The van der Waals surface area contributed by atoms with E-state index in [-0.39, 0.29) is 0 Å². The number of hydrogen-bond donors (Lipinski definition) is 1. The lowest BCUT2D eigenvalue weighted by atomic mass is 10.2. The van der Waals surface area contributed by atoms with Crippen LogP contribution in [0.1, 0.15) is 12.8 Å². The summed E-state index contributed by atoms with van der Waals surface area (Å²) in [6, 6.07) is 0. The molecule has 0 aromatic rings. The highest BCUT2D eigenvalue weighted by Gasteiger charge is 2.20. The molecule has 0 N–H and O–H groups in total. The maximum Gasteiger partial charge on any atom is 0.108 e. The average Bonchev–Trinajstić information content (AvgIpc) is 1.77. The third kappa shape index (κ3) is 1.90. The fourth-order valence-electron chi connectivity index (χ4n) is 0.921. The first-order chi connectivity index (χ1) is 3.79. The van der Waals surface area contributed by atoms with E-state index < -0.39 is 0 Å². The van der Waals surface area contributed by atoms with Crippen LogP contribution in [0.2, 0.25) is 0 Å². The van der Waals surface area contributed by atoms with Gasteiger partial charge in [0, 0.05) is 18.1 Å². The van der Waals surface area contributed by atoms with Crippen LogP contribution in [-0.4, -0.2) is 23.0 Å². The van der Waals surface area contributed by atoms with E-state index in [0.29, 0.717) is 0 Å². The highest BCUT2D eigenvalue weighted by atomic mass is 32.2. The number of hydrogen-bond acceptors (Lipinski definition) is 1. The lowest BCUT2D eigenvalue weighted by molar-refractivity contribution is 0.784. The van der Waals surface area contributed by atoms with Gasteiger partial charge in [0.15, 0.2) is 0 Å². The van der Waals surface area contributed by atoms with Crippen molar-refractivity contribution < 1.29 is 0 Å². The van der Waals surface area contributed by atoms with Gasteiger partial charge in [-0.3, -0.25) is 0 Å². The molecule has 0 saturated carbocycles. The molecule has 0 aliphatic carbocycles. The summed E-state index contributed by atoms with van der Waals surface area (Å²) in [5.41, 5.74) is 0. The van der Waals surface area contributed by atoms with E-state index >= 15 is 0 Å². The highest BCUT2D eigenvalue weighted by Crippen LogP contribution is 2.16. The molecular weight excluding hydrogens is 136 g/mol. The fourth-order valence-corrected chi connectivity index (χ4v) is 3.11. The van der Waals surface area contributed by atoms with Crippen molar-refractivity contribution in [1.29, 1.82) is 0 Å². The molecule has 1 fully saturated rings. The molecule has 0 amide bonds. The molecule has 48 valence electrons. The van der Waals surface area contributed by atoms with Crippen LogP contribution < -0.4 is 0 Å². The van der Waals surface area contributed by atoms with Crippen molar-refractivity contribution in [3.05, 3.63) is 0 Å². The number of thiol groups is 1. The second-order valence-corrected chi connectivity index (χ2v) is 5.53. The molecule has 0 aromatic carbocycles. The molecule has 1 aliphatic heterocycles. The first-order valence-corrected chi connectivity index (χ1v) is 5.55. The van der Waals surface area contributed by atoms with Crippen LogP contribution in [0.15, 0.2) is 0 Å². The zero-order chi connectivity index (χ0) is 5.98. The Hall–Kier alpha value is 0.700. The molecule has 0 atom stereocenters. The van der Waals surface area contributed by atoms with Crippen LogP contribution in [0.3, 0.4) is 0 Å². The summed E-state index contributed by atoms with van der Waals surface area (Å²) in [6.45, 7) is 0. The molecule has 1 rings (SSSR count). The van der Waals surface area contributed by atoms with Crippen molar-refractivity contribution in [2.24, 2.45) is 0 Å². The van der Waals surface area contributed by atoms with Gasteiger partial charge in [0.1, 0.15) is 11.5 Å². The molecule has 0 aromatic heterocycles. The van der Waals surface area contributed by atoms with E-state index in [1.54, 1.807) is 0 Å². The van der Waals surface area contributed by atoms with Gasteiger partial charge in [-0.15, -0.1) is 0 Å². The molecule has 1 saturated heterocycles. The average molecular weight is 149 g/mol. The van der Waals surface area contributed by atoms with Crippen LogP contribution in [0.5, 0.6) is 0 Å². The standard InChI is InChI=1S/C6H12S2/c1-8-4-2-6(7)3-5-8/h6H,2-5H2,1H3/p+1. The molecule has 1 aliphatic rings. The topological polar surface area (TPSA) is 0 Å². The fraction of sp³-hybridized carbons (Fsp3) is 1.00. The first-order valence-electron chi connectivity index (χ1n) is 3.06. The summed E-state index contributed by atoms with van der Waals surface area (Å²) in [5.74, 6) is 2.85. The minimum Gasteiger partial charge on any atom is -0.176 e. The lowest BCUT2D eigenvalue weighted by Crippen LogP contribution is -2.22. The van der Waals surface area contributed by atoms with Crippen molar-refractivity contribution in [2.45, 2.75) is 18.1 Å². The second-order valence-electron chi connectivity index (χ2n) is 2.42. The quantitative estimate of drug-likeness (QED) is 0.390. The van der Waals surface area contributed by atoms with Gasteiger partial charge in [-0.05, 0) is 10.9 Å². The van der Waals surface area contributed by atoms with Crippen LogP contribution in [-0.2, 0) is 10.9 Å². The van der Waals surface area contributed by atoms with Crippen molar-refractivity contribution in [1.82, 2.24) is 0 Å². The van der Waals surface area contributed by atoms with E-state index in [4.69, 9.17) is 0 Å². The van der Waals surface area contributed by atoms with Gasteiger partial charge >= 0.3 is 0 Å². The SMILES string of the molecule is C[S+]1CCC(S)CC1. The summed E-state index contributed by atoms with van der Waals surface area (Å²) in [4.78, 5) is 0. The van der Waals surface area contributed by atoms with E-state index in [0.717, 1.165) is 16.1 Å². The van der Waals surface area contributed by atoms with Crippen molar-refractivity contribution >= 4 is 23.5 Å². The van der Waals surface area contributed by atoms with Crippen molar-refractivity contribution in [3.63, 3.8) is 0 Å². The molecular formula is C6H13S2+. The van der Waals surface area contributed by atoms with E-state index in [9.17, 15) is 0 Å². The highest BCUT2D eigenvalue weighted by molar-refractivity contribution is 7.96. The normalized spacial score (nSPS) is 39.8. The van der Waals surface area contributed by atoms with Gasteiger partial charge < -0.3 is 0 Å². The monoisotopic (exact) mass is 149 g/mol. The molecule has 1 heterocycles. The Morgan fingerprint density at radius 3 is 2.25 bits per heavy atom. The molecule has 0 radical (unpaired) electrons. The third-order valence-corrected chi connectivity index (χ3v) is 3.98. The van der Waals surface area contributed by atoms with E-state index in [2.05, 4.69) is 18.9 Å². The molecule has 0 spiro atoms. The Kier molecular flexibility index (Phi) is 2.57. The number of rotatable bonds is 0.